The Bertz CT molecular complexity index is 580. The molecule has 1 aromatic carbocycles. The third-order valence-electron chi connectivity index (χ3n) is 5.52. The minimum atomic E-state index is -0.913. The number of hydrogen-bond donors (Lipinski definition) is 1. The number of benzene rings is 1. The molecule has 0 radical (unpaired) electrons. The van der Waals surface area contributed by atoms with Crippen molar-refractivity contribution in [3.8, 4) is 0 Å². The van der Waals surface area contributed by atoms with Gasteiger partial charge in [-0.3, -0.25) is 4.79 Å². The number of esters is 1. The van der Waals surface area contributed by atoms with E-state index in [0.717, 1.165) is 37.7 Å². The topological polar surface area (TPSA) is 72.8 Å². The largest absolute Gasteiger partial charge is 0.478 e. The van der Waals surface area contributed by atoms with Crippen LogP contribution in [-0.4, -0.2) is 30.8 Å². The number of hydrogen-bond acceptors (Lipinski definition) is 4. The van der Waals surface area contributed by atoms with E-state index in [1.54, 1.807) is 12.1 Å². The van der Waals surface area contributed by atoms with Crippen molar-refractivity contribution in [3.05, 3.63) is 35.4 Å². The Hall–Kier alpha value is -1.88. The molecule has 5 heteroatoms. The number of rotatable bonds is 5. The van der Waals surface area contributed by atoms with Gasteiger partial charge in [0.05, 0.1) is 24.9 Å². The van der Waals surface area contributed by atoms with Crippen LogP contribution in [-0.2, 0) is 19.9 Å². The summed E-state index contributed by atoms with van der Waals surface area (Å²) in [5.74, 6) is -1.07. The molecule has 0 aromatic heterocycles. The number of carboxylic acids is 1. The van der Waals surface area contributed by atoms with E-state index in [4.69, 9.17) is 14.6 Å². The molecular weight excluding hydrogens is 296 g/mol. The lowest BCUT2D eigenvalue weighted by Crippen LogP contribution is -2.49. The third kappa shape index (κ3) is 2.98. The van der Waals surface area contributed by atoms with Gasteiger partial charge in [-0.15, -0.1) is 0 Å². The molecule has 0 atom stereocenters. The first kappa shape index (κ1) is 16.0. The van der Waals surface area contributed by atoms with E-state index in [2.05, 4.69) is 0 Å². The summed E-state index contributed by atoms with van der Waals surface area (Å²) >= 11 is 0. The van der Waals surface area contributed by atoms with Crippen LogP contribution in [0, 0.1) is 5.41 Å². The molecule has 3 fully saturated rings. The Morgan fingerprint density at radius 1 is 1.17 bits per heavy atom. The second-order valence-corrected chi connectivity index (χ2v) is 6.74. The van der Waals surface area contributed by atoms with E-state index in [-0.39, 0.29) is 17.0 Å². The maximum absolute atomic E-state index is 11.4. The molecule has 1 saturated carbocycles. The molecule has 2 heterocycles. The molecule has 4 rings (SSSR count). The summed E-state index contributed by atoms with van der Waals surface area (Å²) in [5, 5.41) is 9.00. The average molecular weight is 318 g/mol. The number of carboxylic acid groups (broad SMARTS) is 1. The van der Waals surface area contributed by atoms with E-state index >= 15 is 0 Å². The zero-order chi connectivity index (χ0) is 16.5. The molecule has 1 N–H and O–H groups in total. The number of methoxy groups -OCH3 is 1. The molecule has 1 aromatic rings. The van der Waals surface area contributed by atoms with Gasteiger partial charge in [0.25, 0.3) is 0 Å². The first-order chi connectivity index (χ1) is 11.0. The normalized spacial score (nSPS) is 29.3. The van der Waals surface area contributed by atoms with Gasteiger partial charge in [0.1, 0.15) is 0 Å². The molecule has 2 saturated heterocycles. The Morgan fingerprint density at radius 3 is 2.30 bits per heavy atom. The highest BCUT2D eigenvalue weighted by atomic mass is 16.5. The fourth-order valence-electron chi connectivity index (χ4n) is 3.84. The number of ether oxygens (including phenoxy) is 2. The number of carbonyl (C=O) groups is 2. The summed E-state index contributed by atoms with van der Waals surface area (Å²) < 4.78 is 11.0. The molecule has 1 aliphatic carbocycles. The van der Waals surface area contributed by atoms with Gasteiger partial charge in [-0.05, 0) is 55.2 Å². The minimum Gasteiger partial charge on any atom is -0.478 e. The van der Waals surface area contributed by atoms with Gasteiger partial charge in [-0.2, -0.15) is 0 Å². The molecule has 5 nitrogen and oxygen atoms in total. The van der Waals surface area contributed by atoms with Crippen molar-refractivity contribution in [1.29, 1.82) is 0 Å². The summed E-state index contributed by atoms with van der Waals surface area (Å²) in [4.78, 5) is 22.4. The number of fused-ring (bicyclic) bond motifs is 3. The van der Waals surface area contributed by atoms with Crippen molar-refractivity contribution in [2.24, 2.45) is 5.41 Å². The Morgan fingerprint density at radius 2 is 1.83 bits per heavy atom. The zero-order valence-electron chi connectivity index (χ0n) is 13.3. The summed E-state index contributed by atoms with van der Waals surface area (Å²) in [5.41, 5.74) is 1.16. The predicted octanol–water partition coefficient (Wildman–Crippen LogP) is 3.12. The van der Waals surface area contributed by atoms with Crippen LogP contribution in [0.25, 0.3) is 0 Å². The monoisotopic (exact) mass is 318 g/mol. The second kappa shape index (κ2) is 5.96. The van der Waals surface area contributed by atoms with Crippen LogP contribution in [0.15, 0.2) is 24.3 Å². The minimum absolute atomic E-state index is 0.0942. The highest BCUT2D eigenvalue weighted by molar-refractivity contribution is 5.87. The zero-order valence-corrected chi connectivity index (χ0v) is 13.3. The van der Waals surface area contributed by atoms with Crippen LogP contribution in [0.3, 0.4) is 0 Å². The van der Waals surface area contributed by atoms with E-state index < -0.39 is 5.97 Å². The second-order valence-electron chi connectivity index (χ2n) is 6.74. The molecule has 0 spiro atoms. The van der Waals surface area contributed by atoms with E-state index in [1.165, 1.54) is 7.11 Å². The molecule has 124 valence electrons. The van der Waals surface area contributed by atoms with Gasteiger partial charge in [0.2, 0.25) is 0 Å². The molecule has 23 heavy (non-hydrogen) atoms. The van der Waals surface area contributed by atoms with Gasteiger partial charge in [0.15, 0.2) is 0 Å². The van der Waals surface area contributed by atoms with Gasteiger partial charge in [0, 0.05) is 6.42 Å². The number of carbonyl (C=O) groups excluding carboxylic acids is 1. The third-order valence-corrected chi connectivity index (χ3v) is 5.52. The molecule has 2 bridgehead atoms. The Balaban J connectivity index is 1.69. The predicted molar refractivity (Wildman–Crippen MR) is 83.2 cm³/mol. The SMILES string of the molecule is COC(=O)CCC12CCC(c3ccc(C(=O)O)cc3)(CC1)OC2. The van der Waals surface area contributed by atoms with Gasteiger partial charge in [-0.1, -0.05) is 12.1 Å². The van der Waals surface area contributed by atoms with Gasteiger partial charge in [-0.25, -0.2) is 4.79 Å². The lowest BCUT2D eigenvalue weighted by atomic mass is 9.62. The summed E-state index contributed by atoms with van der Waals surface area (Å²) in [6.45, 7) is 0.657. The first-order valence-electron chi connectivity index (χ1n) is 8.03. The molecular formula is C18H22O5. The molecule has 0 amide bonds. The highest BCUT2D eigenvalue weighted by Gasteiger charge is 2.50. The average Bonchev–Trinajstić information content (AvgIpc) is 2.61. The quantitative estimate of drug-likeness (QED) is 0.844. The van der Waals surface area contributed by atoms with Crippen molar-refractivity contribution in [2.45, 2.75) is 44.1 Å². The fourth-order valence-corrected chi connectivity index (χ4v) is 3.84. The van der Waals surface area contributed by atoms with Crippen LogP contribution in [0.4, 0.5) is 0 Å². The van der Waals surface area contributed by atoms with E-state index in [1.807, 2.05) is 12.1 Å². The standard InChI is InChI=1S/C18H22O5/c1-22-15(19)6-7-17-8-10-18(11-9-17,23-12-17)14-4-2-13(3-5-14)16(20)21/h2-5H,6-12H2,1H3,(H,20,21). The lowest BCUT2D eigenvalue weighted by Gasteiger charge is -2.53. The number of aromatic carboxylic acids is 1. The fraction of sp³-hybridized carbons (Fsp3) is 0.556. The highest BCUT2D eigenvalue weighted by Crippen LogP contribution is 2.55. The van der Waals surface area contributed by atoms with Crippen molar-refractivity contribution >= 4 is 11.9 Å². The van der Waals surface area contributed by atoms with Crippen LogP contribution < -0.4 is 0 Å². The first-order valence-corrected chi connectivity index (χ1v) is 8.03. The van der Waals surface area contributed by atoms with Crippen LogP contribution in [0.5, 0.6) is 0 Å². The Kier molecular flexibility index (Phi) is 4.15. The van der Waals surface area contributed by atoms with Gasteiger partial charge < -0.3 is 14.6 Å². The van der Waals surface area contributed by atoms with Crippen molar-refractivity contribution < 1.29 is 24.2 Å². The molecule has 0 unspecified atom stereocenters. The van der Waals surface area contributed by atoms with Crippen LogP contribution in [0.2, 0.25) is 0 Å². The van der Waals surface area contributed by atoms with Crippen molar-refractivity contribution in [3.63, 3.8) is 0 Å². The maximum atomic E-state index is 11.4. The van der Waals surface area contributed by atoms with Gasteiger partial charge >= 0.3 is 11.9 Å². The van der Waals surface area contributed by atoms with E-state index in [9.17, 15) is 9.59 Å². The van der Waals surface area contributed by atoms with Crippen molar-refractivity contribution in [2.75, 3.05) is 13.7 Å². The van der Waals surface area contributed by atoms with Crippen LogP contribution >= 0.6 is 0 Å². The summed E-state index contributed by atoms with van der Waals surface area (Å²) in [6, 6.07) is 7.03. The van der Waals surface area contributed by atoms with Crippen molar-refractivity contribution in [1.82, 2.24) is 0 Å². The summed E-state index contributed by atoms with van der Waals surface area (Å²) in [6.07, 6.45) is 5.16. The molecule has 3 aliphatic rings. The maximum Gasteiger partial charge on any atom is 0.335 e. The lowest BCUT2D eigenvalue weighted by molar-refractivity contribution is -0.192. The van der Waals surface area contributed by atoms with E-state index in [0.29, 0.717) is 18.6 Å². The molecule has 2 aliphatic heterocycles. The summed E-state index contributed by atoms with van der Waals surface area (Å²) in [7, 11) is 1.42. The smallest absolute Gasteiger partial charge is 0.335 e. The Labute approximate surface area is 135 Å². The van der Waals surface area contributed by atoms with Crippen LogP contribution in [0.1, 0.15) is 54.4 Å².